The van der Waals surface area contributed by atoms with Crippen molar-refractivity contribution in [2.24, 2.45) is 5.41 Å². The maximum absolute atomic E-state index is 15.8. The Balaban J connectivity index is 2.01. The maximum atomic E-state index is 15.8. The Hall–Kier alpha value is -2.25. The molecule has 2 N–H and O–H groups in total. The number of carbonyl (C=O) groups is 2. The fourth-order valence-corrected chi connectivity index (χ4v) is 6.01. The molecule has 7 heteroatoms. The van der Waals surface area contributed by atoms with Gasteiger partial charge in [-0.05, 0) is 68.4 Å². The predicted octanol–water partition coefficient (Wildman–Crippen LogP) is 5.99. The molecule has 4 rings (SSSR count). The van der Waals surface area contributed by atoms with Gasteiger partial charge in [0.05, 0.1) is 0 Å². The van der Waals surface area contributed by atoms with Gasteiger partial charge in [-0.3, -0.25) is 14.9 Å². The smallest absolute Gasteiger partial charge is 0.324 e. The highest BCUT2D eigenvalue weighted by molar-refractivity contribution is 9.10. The zero-order valence-electron chi connectivity index (χ0n) is 21.4. The second kappa shape index (κ2) is 8.70. The molecular formula is C28H34BrFN2O3. The highest BCUT2D eigenvalue weighted by atomic mass is 79.9. The number of fused-ring (bicyclic) bond motifs is 2. The van der Waals surface area contributed by atoms with Crippen LogP contribution < -0.4 is 10.6 Å². The Morgan fingerprint density at radius 1 is 1.14 bits per heavy atom. The van der Waals surface area contributed by atoms with Crippen LogP contribution in [0.5, 0.6) is 0 Å². The number of benzene rings is 2. The number of amides is 1. The summed E-state index contributed by atoms with van der Waals surface area (Å²) in [7, 11) is 0. The summed E-state index contributed by atoms with van der Waals surface area (Å²) in [6, 6.07) is 9.50. The predicted molar refractivity (Wildman–Crippen MR) is 139 cm³/mol. The first-order valence-corrected chi connectivity index (χ1v) is 12.8. The number of hydrogen-bond acceptors (Lipinski definition) is 4. The minimum absolute atomic E-state index is 0.165. The molecule has 1 amide bonds. The van der Waals surface area contributed by atoms with Crippen molar-refractivity contribution >= 4 is 33.5 Å². The minimum atomic E-state index is -1.19. The Morgan fingerprint density at radius 3 is 2.46 bits per heavy atom. The van der Waals surface area contributed by atoms with Crippen LogP contribution >= 0.6 is 15.9 Å². The molecule has 0 saturated carbocycles. The lowest BCUT2D eigenvalue weighted by molar-refractivity contribution is -0.157. The van der Waals surface area contributed by atoms with E-state index in [1.54, 1.807) is 45.9 Å². The van der Waals surface area contributed by atoms with Gasteiger partial charge in [0.2, 0.25) is 5.91 Å². The lowest BCUT2D eigenvalue weighted by Gasteiger charge is -2.37. The number of anilines is 1. The number of hydrogen-bond donors (Lipinski definition) is 2. The van der Waals surface area contributed by atoms with Crippen LogP contribution in [0.25, 0.3) is 0 Å². The van der Waals surface area contributed by atoms with Crippen molar-refractivity contribution in [1.29, 1.82) is 0 Å². The van der Waals surface area contributed by atoms with Crippen LogP contribution in [0.1, 0.15) is 70.6 Å². The summed E-state index contributed by atoms with van der Waals surface area (Å²) in [4.78, 5) is 27.7. The van der Waals surface area contributed by atoms with E-state index < -0.39 is 40.8 Å². The molecule has 0 bridgehead atoms. The molecule has 0 aliphatic carbocycles. The molecule has 188 valence electrons. The Labute approximate surface area is 215 Å². The average molecular weight is 545 g/mol. The normalized spacial score (nSPS) is 26.1. The third kappa shape index (κ3) is 4.53. The Morgan fingerprint density at radius 2 is 1.83 bits per heavy atom. The molecule has 4 atom stereocenters. The minimum Gasteiger partial charge on any atom is -0.459 e. The lowest BCUT2D eigenvalue weighted by atomic mass is 9.62. The van der Waals surface area contributed by atoms with Gasteiger partial charge in [-0.2, -0.15) is 0 Å². The van der Waals surface area contributed by atoms with E-state index in [2.05, 4.69) is 47.3 Å². The summed E-state index contributed by atoms with van der Waals surface area (Å²) < 4.78 is 22.4. The molecule has 1 fully saturated rings. The molecule has 0 aromatic heterocycles. The second-order valence-electron chi connectivity index (χ2n) is 12.0. The van der Waals surface area contributed by atoms with Gasteiger partial charge in [0.15, 0.2) is 0 Å². The van der Waals surface area contributed by atoms with Crippen LogP contribution in [-0.4, -0.2) is 29.6 Å². The molecule has 1 spiro atoms. The monoisotopic (exact) mass is 544 g/mol. The van der Waals surface area contributed by atoms with Crippen LogP contribution in [0.4, 0.5) is 10.1 Å². The highest BCUT2D eigenvalue weighted by Crippen LogP contribution is 2.57. The standard InChI is InChI=1S/C28H34BrFN2O3/c1-15-9-8-10-17(22(15)30)21-23(24(33)35-27(5,6)7)32-20(14-26(2,3)4)28(21)18-12-11-16(29)13-19(18)31-25(28)34/h8-13,20-21,23,32H,14H2,1-7H3,(H,31,34)/t20?,21?,23-,28-/m1/s1. The first-order valence-electron chi connectivity index (χ1n) is 12.0. The molecule has 2 unspecified atom stereocenters. The van der Waals surface area contributed by atoms with Crippen LogP contribution in [0, 0.1) is 18.2 Å². The fraction of sp³-hybridized carbons (Fsp3) is 0.500. The number of nitrogens with one attached hydrogen (secondary N) is 2. The summed E-state index contributed by atoms with van der Waals surface area (Å²) in [5, 5.41) is 6.51. The SMILES string of the molecule is Cc1cccc(C2[C@H](C(=O)OC(C)(C)C)NC(CC(C)(C)C)[C@@]23C(=O)Nc2cc(Br)ccc23)c1F. The van der Waals surface area contributed by atoms with Gasteiger partial charge in [-0.25, -0.2) is 4.39 Å². The number of esters is 1. The molecule has 35 heavy (non-hydrogen) atoms. The summed E-state index contributed by atoms with van der Waals surface area (Å²) >= 11 is 3.49. The summed E-state index contributed by atoms with van der Waals surface area (Å²) in [6.45, 7) is 13.4. The van der Waals surface area contributed by atoms with E-state index in [9.17, 15) is 9.59 Å². The van der Waals surface area contributed by atoms with Gasteiger partial charge >= 0.3 is 5.97 Å². The number of rotatable bonds is 3. The van der Waals surface area contributed by atoms with Gasteiger partial charge in [-0.15, -0.1) is 0 Å². The lowest BCUT2D eigenvalue weighted by Crippen LogP contribution is -2.49. The molecule has 2 aromatic rings. The average Bonchev–Trinajstić information content (AvgIpc) is 3.17. The molecule has 1 saturated heterocycles. The van der Waals surface area contributed by atoms with Gasteiger partial charge in [0.25, 0.3) is 0 Å². The Bertz CT molecular complexity index is 1180. The van der Waals surface area contributed by atoms with Crippen molar-refractivity contribution in [3.05, 3.63) is 63.4 Å². The third-order valence-corrected chi connectivity index (χ3v) is 7.33. The summed E-state index contributed by atoms with van der Waals surface area (Å²) in [5.74, 6) is -1.92. The largest absolute Gasteiger partial charge is 0.459 e. The van der Waals surface area contributed by atoms with Gasteiger partial charge < -0.3 is 10.1 Å². The van der Waals surface area contributed by atoms with Crippen molar-refractivity contribution in [3.8, 4) is 0 Å². The molecule has 2 aromatic carbocycles. The van der Waals surface area contributed by atoms with Crippen molar-refractivity contribution in [2.75, 3.05) is 5.32 Å². The number of ether oxygens (including phenoxy) is 1. The Kier molecular flexibility index (Phi) is 6.42. The summed E-state index contributed by atoms with van der Waals surface area (Å²) in [5.41, 5.74) is 0.160. The first-order chi connectivity index (χ1) is 16.1. The molecule has 5 nitrogen and oxygen atoms in total. The maximum Gasteiger partial charge on any atom is 0.324 e. The zero-order chi connectivity index (χ0) is 25.9. The van der Waals surface area contributed by atoms with Crippen molar-refractivity contribution in [2.45, 2.75) is 83.9 Å². The molecule has 2 aliphatic heterocycles. The van der Waals surface area contributed by atoms with E-state index in [4.69, 9.17) is 4.74 Å². The van der Waals surface area contributed by atoms with E-state index in [1.165, 1.54) is 0 Å². The van der Waals surface area contributed by atoms with E-state index >= 15 is 4.39 Å². The van der Waals surface area contributed by atoms with Crippen LogP contribution in [0.3, 0.4) is 0 Å². The van der Waals surface area contributed by atoms with E-state index in [0.29, 0.717) is 23.2 Å². The van der Waals surface area contributed by atoms with Gasteiger partial charge in [0.1, 0.15) is 22.9 Å². The number of aryl methyl sites for hydroxylation is 1. The fourth-order valence-electron chi connectivity index (χ4n) is 5.64. The molecule has 0 radical (unpaired) electrons. The number of halogens is 2. The topological polar surface area (TPSA) is 67.4 Å². The quantitative estimate of drug-likeness (QED) is 0.466. The van der Waals surface area contributed by atoms with E-state index in [1.807, 2.05) is 18.2 Å². The van der Waals surface area contributed by atoms with Crippen molar-refractivity contribution < 1.29 is 18.7 Å². The van der Waals surface area contributed by atoms with E-state index in [-0.39, 0.29) is 11.3 Å². The first kappa shape index (κ1) is 25.8. The molecule has 2 heterocycles. The van der Waals surface area contributed by atoms with E-state index in [0.717, 1.165) is 10.0 Å². The summed E-state index contributed by atoms with van der Waals surface area (Å²) in [6.07, 6.45) is 0.596. The van der Waals surface area contributed by atoms with Gasteiger partial charge in [0, 0.05) is 22.1 Å². The third-order valence-electron chi connectivity index (χ3n) is 6.84. The van der Waals surface area contributed by atoms with Crippen LogP contribution in [-0.2, 0) is 19.7 Å². The highest BCUT2D eigenvalue weighted by Gasteiger charge is 2.66. The van der Waals surface area contributed by atoms with Crippen LogP contribution in [0.15, 0.2) is 40.9 Å². The van der Waals surface area contributed by atoms with Crippen molar-refractivity contribution in [3.63, 3.8) is 0 Å². The van der Waals surface area contributed by atoms with Crippen LogP contribution in [0.2, 0.25) is 0 Å². The van der Waals surface area contributed by atoms with Crippen molar-refractivity contribution in [1.82, 2.24) is 5.32 Å². The molecule has 2 aliphatic rings. The zero-order valence-corrected chi connectivity index (χ0v) is 23.0. The second-order valence-corrected chi connectivity index (χ2v) is 12.9. The molecular weight excluding hydrogens is 511 g/mol. The number of carbonyl (C=O) groups excluding carboxylic acids is 2. The van der Waals surface area contributed by atoms with Gasteiger partial charge in [-0.1, -0.05) is 61.0 Å².